The van der Waals surface area contributed by atoms with Crippen molar-refractivity contribution in [2.75, 3.05) is 13.1 Å². The summed E-state index contributed by atoms with van der Waals surface area (Å²) in [6.07, 6.45) is 9.59. The first kappa shape index (κ1) is 17.7. The van der Waals surface area contributed by atoms with E-state index in [-0.39, 0.29) is 17.6 Å². The number of carbonyl (C=O) groups excluding carboxylic acids is 1. The van der Waals surface area contributed by atoms with E-state index >= 15 is 0 Å². The molecule has 2 fully saturated rings. The Bertz CT molecular complexity index is 358. The Hall–Kier alpha value is -0.610. The molecule has 2 N–H and O–H groups in total. The zero-order chi connectivity index (χ0) is 16.2. The van der Waals surface area contributed by atoms with Gasteiger partial charge in [-0.05, 0) is 58.8 Å². The first-order valence-corrected chi connectivity index (χ1v) is 9.14. The summed E-state index contributed by atoms with van der Waals surface area (Å²) in [4.78, 5) is 14.4. The minimum Gasteiger partial charge on any atom is -0.370 e. The van der Waals surface area contributed by atoms with Crippen LogP contribution in [-0.2, 0) is 9.53 Å². The number of hydrogen-bond donors (Lipinski definition) is 1. The van der Waals surface area contributed by atoms with Crippen LogP contribution < -0.4 is 5.73 Å². The van der Waals surface area contributed by atoms with Gasteiger partial charge in [0.05, 0.1) is 11.7 Å². The van der Waals surface area contributed by atoms with Crippen molar-refractivity contribution in [3.63, 3.8) is 0 Å². The average Bonchev–Trinajstić information content (AvgIpc) is 2.54. The Morgan fingerprint density at radius 3 is 2.23 bits per heavy atom. The molecule has 1 aliphatic heterocycles. The highest BCUT2D eigenvalue weighted by molar-refractivity contribution is 5.82. The van der Waals surface area contributed by atoms with Gasteiger partial charge >= 0.3 is 0 Å². The Labute approximate surface area is 135 Å². The molecule has 4 nitrogen and oxygen atoms in total. The molecule has 0 aromatic heterocycles. The summed E-state index contributed by atoms with van der Waals surface area (Å²) >= 11 is 0. The standard InChI is InChI=1S/C18H34N2O2/c1-14(16(19)17(21)20-12-8-5-9-13-20)22-18(2,3)15-10-6-4-7-11-15/h14-16H,4-13,19H2,1-3H3/t14-,16+/m1/s1. The SMILES string of the molecule is C[C@@H](OC(C)(C)C1CCCCC1)[C@H](N)C(=O)N1CCCCC1. The third kappa shape index (κ3) is 4.45. The van der Waals surface area contributed by atoms with E-state index in [1.807, 2.05) is 11.8 Å². The summed E-state index contributed by atoms with van der Waals surface area (Å²) in [5.41, 5.74) is 6.02. The van der Waals surface area contributed by atoms with Crippen molar-refractivity contribution >= 4 is 5.91 Å². The summed E-state index contributed by atoms with van der Waals surface area (Å²) in [6, 6.07) is -0.541. The summed E-state index contributed by atoms with van der Waals surface area (Å²) in [6.45, 7) is 7.99. The molecule has 0 radical (unpaired) electrons. The second-order valence-electron chi connectivity index (χ2n) is 7.67. The van der Waals surface area contributed by atoms with Crippen molar-refractivity contribution < 1.29 is 9.53 Å². The molecule has 0 spiro atoms. The highest BCUT2D eigenvalue weighted by Crippen LogP contribution is 2.35. The van der Waals surface area contributed by atoms with Gasteiger partial charge in [0.2, 0.25) is 5.91 Å². The zero-order valence-electron chi connectivity index (χ0n) is 14.6. The number of carbonyl (C=O) groups is 1. The number of nitrogens with zero attached hydrogens (tertiary/aromatic N) is 1. The number of hydrogen-bond acceptors (Lipinski definition) is 3. The van der Waals surface area contributed by atoms with Gasteiger partial charge in [0.25, 0.3) is 0 Å². The van der Waals surface area contributed by atoms with Crippen LogP contribution in [0.3, 0.4) is 0 Å². The van der Waals surface area contributed by atoms with E-state index in [1.54, 1.807) is 0 Å². The number of piperidine rings is 1. The fourth-order valence-corrected chi connectivity index (χ4v) is 3.97. The molecule has 0 aromatic carbocycles. The van der Waals surface area contributed by atoms with Crippen LogP contribution in [0.1, 0.15) is 72.1 Å². The van der Waals surface area contributed by atoms with E-state index in [1.165, 1.54) is 38.5 Å². The van der Waals surface area contributed by atoms with Crippen LogP contribution in [-0.4, -0.2) is 41.6 Å². The summed E-state index contributed by atoms with van der Waals surface area (Å²) in [5.74, 6) is 0.646. The second-order valence-corrected chi connectivity index (χ2v) is 7.67. The van der Waals surface area contributed by atoms with Gasteiger partial charge in [0, 0.05) is 13.1 Å². The number of amides is 1. The minimum atomic E-state index is -0.541. The predicted octanol–water partition coefficient (Wildman–Crippen LogP) is 3.09. The molecule has 1 saturated carbocycles. The van der Waals surface area contributed by atoms with E-state index in [0.29, 0.717) is 5.92 Å². The van der Waals surface area contributed by atoms with Gasteiger partial charge < -0.3 is 15.4 Å². The number of rotatable bonds is 5. The van der Waals surface area contributed by atoms with E-state index in [9.17, 15) is 4.79 Å². The van der Waals surface area contributed by atoms with Gasteiger partial charge in [-0.15, -0.1) is 0 Å². The first-order chi connectivity index (χ1) is 10.4. The van der Waals surface area contributed by atoms with Crippen LogP contribution in [0.2, 0.25) is 0 Å². The molecule has 0 bridgehead atoms. The maximum absolute atomic E-state index is 12.5. The third-order valence-corrected chi connectivity index (χ3v) is 5.54. The lowest BCUT2D eigenvalue weighted by atomic mass is 9.78. The Kier molecular flexibility index (Phi) is 6.27. The summed E-state index contributed by atoms with van der Waals surface area (Å²) < 4.78 is 6.28. The van der Waals surface area contributed by atoms with Gasteiger partial charge in [0.1, 0.15) is 6.04 Å². The fraction of sp³-hybridized carbons (Fsp3) is 0.944. The highest BCUT2D eigenvalue weighted by Gasteiger charge is 2.36. The minimum absolute atomic E-state index is 0.0617. The molecular formula is C18H34N2O2. The summed E-state index contributed by atoms with van der Waals surface area (Å²) in [5, 5.41) is 0. The van der Waals surface area contributed by atoms with Crippen LogP contribution in [0.25, 0.3) is 0 Å². The average molecular weight is 310 g/mol. The van der Waals surface area contributed by atoms with Crippen molar-refractivity contribution in [2.24, 2.45) is 11.7 Å². The molecule has 0 unspecified atom stereocenters. The van der Waals surface area contributed by atoms with Gasteiger partial charge in [0.15, 0.2) is 0 Å². The first-order valence-electron chi connectivity index (χ1n) is 9.14. The lowest BCUT2D eigenvalue weighted by molar-refractivity contribution is -0.146. The molecule has 2 rings (SSSR count). The third-order valence-electron chi connectivity index (χ3n) is 5.54. The highest BCUT2D eigenvalue weighted by atomic mass is 16.5. The second kappa shape index (κ2) is 7.78. The monoisotopic (exact) mass is 310 g/mol. The van der Waals surface area contributed by atoms with Crippen LogP contribution >= 0.6 is 0 Å². The summed E-state index contributed by atoms with van der Waals surface area (Å²) in [7, 11) is 0. The maximum atomic E-state index is 12.5. The number of ether oxygens (including phenoxy) is 1. The normalized spacial score (nSPS) is 24.1. The fourth-order valence-electron chi connectivity index (χ4n) is 3.97. The van der Waals surface area contributed by atoms with Crippen LogP contribution in [0.4, 0.5) is 0 Å². The smallest absolute Gasteiger partial charge is 0.242 e. The zero-order valence-corrected chi connectivity index (χ0v) is 14.6. The van der Waals surface area contributed by atoms with Crippen molar-refractivity contribution in [2.45, 2.75) is 89.9 Å². The topological polar surface area (TPSA) is 55.6 Å². The molecule has 128 valence electrons. The Balaban J connectivity index is 1.88. The quantitative estimate of drug-likeness (QED) is 0.849. The van der Waals surface area contributed by atoms with E-state index in [4.69, 9.17) is 10.5 Å². The Morgan fingerprint density at radius 1 is 1.09 bits per heavy atom. The maximum Gasteiger partial charge on any atom is 0.242 e. The van der Waals surface area contributed by atoms with E-state index < -0.39 is 6.04 Å². The molecule has 1 aliphatic carbocycles. The molecule has 2 atom stereocenters. The lowest BCUT2D eigenvalue weighted by Gasteiger charge is -2.40. The molecule has 22 heavy (non-hydrogen) atoms. The van der Waals surface area contributed by atoms with E-state index in [0.717, 1.165) is 25.9 Å². The van der Waals surface area contributed by atoms with Crippen LogP contribution in [0.15, 0.2) is 0 Å². The van der Waals surface area contributed by atoms with Crippen molar-refractivity contribution in [1.29, 1.82) is 0 Å². The molecule has 0 aromatic rings. The van der Waals surface area contributed by atoms with Gasteiger partial charge in [-0.2, -0.15) is 0 Å². The number of nitrogens with two attached hydrogens (primary N) is 1. The largest absolute Gasteiger partial charge is 0.370 e. The molecule has 4 heteroatoms. The van der Waals surface area contributed by atoms with E-state index in [2.05, 4.69) is 13.8 Å². The number of likely N-dealkylation sites (tertiary alicyclic amines) is 1. The van der Waals surface area contributed by atoms with Gasteiger partial charge in [-0.25, -0.2) is 0 Å². The van der Waals surface area contributed by atoms with Gasteiger partial charge in [-0.1, -0.05) is 19.3 Å². The van der Waals surface area contributed by atoms with Crippen molar-refractivity contribution in [1.82, 2.24) is 4.90 Å². The Morgan fingerprint density at radius 2 is 1.64 bits per heavy atom. The molecule has 1 heterocycles. The molecule has 1 amide bonds. The molecule has 1 saturated heterocycles. The van der Waals surface area contributed by atoms with Gasteiger partial charge in [-0.3, -0.25) is 4.79 Å². The molecular weight excluding hydrogens is 276 g/mol. The van der Waals surface area contributed by atoms with Crippen molar-refractivity contribution in [3.05, 3.63) is 0 Å². The predicted molar refractivity (Wildman–Crippen MR) is 89.6 cm³/mol. The van der Waals surface area contributed by atoms with Crippen LogP contribution in [0.5, 0.6) is 0 Å². The molecule has 2 aliphatic rings. The van der Waals surface area contributed by atoms with Crippen molar-refractivity contribution in [3.8, 4) is 0 Å². The van der Waals surface area contributed by atoms with Crippen LogP contribution in [0, 0.1) is 5.92 Å². The lowest BCUT2D eigenvalue weighted by Crippen LogP contribution is -2.53.